The number of piperazine rings is 1. The quantitative estimate of drug-likeness (QED) is 0.780. The van der Waals surface area contributed by atoms with Gasteiger partial charge in [-0.05, 0) is 38.1 Å². The van der Waals surface area contributed by atoms with Gasteiger partial charge in [0.1, 0.15) is 17.3 Å². The van der Waals surface area contributed by atoms with Crippen LogP contribution in [0.2, 0.25) is 0 Å². The van der Waals surface area contributed by atoms with Crippen molar-refractivity contribution >= 4 is 17.7 Å². The fourth-order valence-electron chi connectivity index (χ4n) is 3.04. The lowest BCUT2D eigenvalue weighted by Gasteiger charge is -2.35. The van der Waals surface area contributed by atoms with E-state index < -0.39 is 0 Å². The SMILES string of the molecule is CCNc1nc(C)cc(N2CCN(C(=O)COc3ccc(OC)cc3)CC2)n1. The molecule has 0 unspecified atom stereocenters. The first kappa shape index (κ1) is 19.7. The van der Waals surface area contributed by atoms with E-state index in [1.165, 1.54) is 0 Å². The molecule has 2 aromatic rings. The topological polar surface area (TPSA) is 79.8 Å². The maximum Gasteiger partial charge on any atom is 0.260 e. The summed E-state index contributed by atoms with van der Waals surface area (Å²) in [6, 6.07) is 9.19. The number of hydrogen-bond acceptors (Lipinski definition) is 7. The average Bonchev–Trinajstić information content (AvgIpc) is 2.72. The predicted octanol–water partition coefficient (Wildman–Crippen LogP) is 1.95. The lowest BCUT2D eigenvalue weighted by atomic mass is 10.3. The van der Waals surface area contributed by atoms with E-state index in [0.29, 0.717) is 24.8 Å². The molecule has 1 N–H and O–H groups in total. The third-order valence-electron chi connectivity index (χ3n) is 4.55. The molecule has 1 saturated heterocycles. The zero-order valence-corrected chi connectivity index (χ0v) is 16.6. The van der Waals surface area contributed by atoms with E-state index >= 15 is 0 Å². The summed E-state index contributed by atoms with van der Waals surface area (Å²) in [6.07, 6.45) is 0. The highest BCUT2D eigenvalue weighted by atomic mass is 16.5. The summed E-state index contributed by atoms with van der Waals surface area (Å²) in [6.45, 7) is 7.54. The minimum absolute atomic E-state index is 0.0114. The molecule has 0 aliphatic carbocycles. The van der Waals surface area contributed by atoms with Crippen molar-refractivity contribution in [3.05, 3.63) is 36.0 Å². The highest BCUT2D eigenvalue weighted by molar-refractivity contribution is 5.78. The second-order valence-corrected chi connectivity index (χ2v) is 6.55. The van der Waals surface area contributed by atoms with Crippen molar-refractivity contribution < 1.29 is 14.3 Å². The van der Waals surface area contributed by atoms with Crippen molar-refractivity contribution in [2.45, 2.75) is 13.8 Å². The molecule has 0 atom stereocenters. The summed E-state index contributed by atoms with van der Waals surface area (Å²) in [7, 11) is 1.61. The molecule has 1 fully saturated rings. The highest BCUT2D eigenvalue weighted by Crippen LogP contribution is 2.18. The van der Waals surface area contributed by atoms with E-state index in [-0.39, 0.29) is 12.5 Å². The number of carbonyl (C=O) groups is 1. The van der Waals surface area contributed by atoms with Crippen molar-refractivity contribution in [1.82, 2.24) is 14.9 Å². The van der Waals surface area contributed by atoms with Gasteiger partial charge in [-0.2, -0.15) is 4.98 Å². The maximum atomic E-state index is 12.5. The first-order chi connectivity index (χ1) is 13.6. The van der Waals surface area contributed by atoms with E-state index in [9.17, 15) is 4.79 Å². The Bertz CT molecular complexity index is 789. The first-order valence-electron chi connectivity index (χ1n) is 9.48. The summed E-state index contributed by atoms with van der Waals surface area (Å²) >= 11 is 0. The molecule has 8 heteroatoms. The van der Waals surface area contributed by atoms with Crippen LogP contribution in [0.15, 0.2) is 30.3 Å². The number of nitrogens with one attached hydrogen (secondary N) is 1. The Kier molecular flexibility index (Phi) is 6.52. The van der Waals surface area contributed by atoms with Gasteiger partial charge in [0, 0.05) is 44.5 Å². The number of aromatic nitrogens is 2. The van der Waals surface area contributed by atoms with Gasteiger partial charge in [-0.3, -0.25) is 4.79 Å². The fourth-order valence-corrected chi connectivity index (χ4v) is 3.04. The standard InChI is InChI=1S/C20H27N5O3/c1-4-21-20-22-15(2)13-18(23-20)24-9-11-25(12-10-24)19(26)14-28-17-7-5-16(27-3)6-8-17/h5-8,13H,4,9-12,14H2,1-3H3,(H,21,22,23). The minimum atomic E-state index is -0.0114. The number of amides is 1. The van der Waals surface area contributed by atoms with Crippen molar-refractivity contribution in [3.63, 3.8) is 0 Å². The van der Waals surface area contributed by atoms with Gasteiger partial charge in [0.05, 0.1) is 7.11 Å². The third-order valence-corrected chi connectivity index (χ3v) is 4.55. The van der Waals surface area contributed by atoms with Crippen LogP contribution >= 0.6 is 0 Å². The number of nitrogens with zero attached hydrogens (tertiary/aromatic N) is 4. The van der Waals surface area contributed by atoms with Crippen molar-refractivity contribution in [3.8, 4) is 11.5 Å². The second-order valence-electron chi connectivity index (χ2n) is 6.55. The maximum absolute atomic E-state index is 12.5. The molecule has 150 valence electrons. The molecule has 0 saturated carbocycles. The number of rotatable bonds is 7. The number of hydrogen-bond donors (Lipinski definition) is 1. The van der Waals surface area contributed by atoms with Gasteiger partial charge < -0.3 is 24.6 Å². The second kappa shape index (κ2) is 9.25. The Morgan fingerprint density at radius 3 is 2.43 bits per heavy atom. The van der Waals surface area contributed by atoms with Crippen LogP contribution in [0.1, 0.15) is 12.6 Å². The van der Waals surface area contributed by atoms with Gasteiger partial charge in [-0.25, -0.2) is 4.98 Å². The van der Waals surface area contributed by atoms with E-state index in [1.54, 1.807) is 19.2 Å². The molecule has 1 aromatic carbocycles. The highest BCUT2D eigenvalue weighted by Gasteiger charge is 2.22. The smallest absolute Gasteiger partial charge is 0.260 e. The van der Waals surface area contributed by atoms with Crippen LogP contribution in [-0.2, 0) is 4.79 Å². The Morgan fingerprint density at radius 2 is 1.79 bits per heavy atom. The molecule has 28 heavy (non-hydrogen) atoms. The number of carbonyl (C=O) groups excluding carboxylic acids is 1. The van der Waals surface area contributed by atoms with Crippen LogP contribution in [0.25, 0.3) is 0 Å². The van der Waals surface area contributed by atoms with Crippen LogP contribution in [0, 0.1) is 6.92 Å². The van der Waals surface area contributed by atoms with Gasteiger partial charge in [0.2, 0.25) is 5.95 Å². The van der Waals surface area contributed by atoms with Crippen molar-refractivity contribution in [2.75, 3.05) is 56.7 Å². The third kappa shape index (κ3) is 5.03. The lowest BCUT2D eigenvalue weighted by molar-refractivity contribution is -0.133. The Hall–Kier alpha value is -3.03. The summed E-state index contributed by atoms with van der Waals surface area (Å²) in [4.78, 5) is 25.4. The predicted molar refractivity (Wildman–Crippen MR) is 108 cm³/mol. The van der Waals surface area contributed by atoms with E-state index in [1.807, 2.05) is 36.9 Å². The molecule has 1 aromatic heterocycles. The summed E-state index contributed by atoms with van der Waals surface area (Å²) in [5, 5.41) is 3.16. The fraction of sp³-hybridized carbons (Fsp3) is 0.450. The number of benzene rings is 1. The minimum Gasteiger partial charge on any atom is -0.497 e. The Balaban J connectivity index is 1.51. The van der Waals surface area contributed by atoms with Crippen LogP contribution in [0.3, 0.4) is 0 Å². The molecular formula is C20H27N5O3. The van der Waals surface area contributed by atoms with Gasteiger partial charge in [0.15, 0.2) is 6.61 Å². The van der Waals surface area contributed by atoms with Crippen molar-refractivity contribution in [2.24, 2.45) is 0 Å². The number of ether oxygens (including phenoxy) is 2. The molecule has 0 spiro atoms. The van der Waals surface area contributed by atoms with Gasteiger partial charge in [-0.15, -0.1) is 0 Å². The van der Waals surface area contributed by atoms with Crippen LogP contribution in [0.5, 0.6) is 11.5 Å². The first-order valence-corrected chi connectivity index (χ1v) is 9.48. The van der Waals surface area contributed by atoms with E-state index in [4.69, 9.17) is 9.47 Å². The molecule has 0 bridgehead atoms. The molecule has 1 aliphatic rings. The van der Waals surface area contributed by atoms with Crippen molar-refractivity contribution in [1.29, 1.82) is 0 Å². The molecule has 1 amide bonds. The van der Waals surface area contributed by atoms with Gasteiger partial charge >= 0.3 is 0 Å². The van der Waals surface area contributed by atoms with Crippen LogP contribution < -0.4 is 19.7 Å². The lowest BCUT2D eigenvalue weighted by Crippen LogP contribution is -2.50. The summed E-state index contributed by atoms with van der Waals surface area (Å²) < 4.78 is 10.7. The molecular weight excluding hydrogens is 358 g/mol. The zero-order valence-electron chi connectivity index (χ0n) is 16.6. The van der Waals surface area contributed by atoms with Gasteiger partial charge in [-0.1, -0.05) is 0 Å². The Labute approximate surface area is 165 Å². The summed E-state index contributed by atoms with van der Waals surface area (Å²) in [5.74, 6) is 2.93. The van der Waals surface area contributed by atoms with Crippen LogP contribution in [-0.4, -0.2) is 67.2 Å². The summed E-state index contributed by atoms with van der Waals surface area (Å²) in [5.41, 5.74) is 0.923. The molecule has 0 radical (unpaired) electrons. The monoisotopic (exact) mass is 385 g/mol. The number of aryl methyl sites for hydroxylation is 1. The van der Waals surface area contributed by atoms with Crippen LogP contribution in [0.4, 0.5) is 11.8 Å². The normalized spacial score (nSPS) is 14.0. The molecule has 1 aliphatic heterocycles. The zero-order chi connectivity index (χ0) is 19.9. The number of methoxy groups -OCH3 is 1. The molecule has 3 rings (SSSR count). The average molecular weight is 385 g/mol. The molecule has 8 nitrogen and oxygen atoms in total. The number of anilines is 2. The van der Waals surface area contributed by atoms with E-state index in [0.717, 1.165) is 36.9 Å². The Morgan fingerprint density at radius 1 is 1.11 bits per heavy atom. The largest absolute Gasteiger partial charge is 0.497 e. The van der Waals surface area contributed by atoms with E-state index in [2.05, 4.69) is 20.2 Å². The molecule has 2 heterocycles. The van der Waals surface area contributed by atoms with Gasteiger partial charge in [0.25, 0.3) is 5.91 Å².